The minimum absolute atomic E-state index is 0.110. The molecule has 2 aromatic carbocycles. The third kappa shape index (κ3) is 2.53. The molecule has 0 aliphatic heterocycles. The molecule has 1 amide bonds. The molecule has 3 aromatic rings. The number of amides is 1. The Morgan fingerprint density at radius 3 is 2.84 bits per heavy atom. The first kappa shape index (κ1) is 12.0. The number of aromatic nitrogens is 1. The summed E-state index contributed by atoms with van der Waals surface area (Å²) >= 11 is 3.38. The number of benzene rings is 2. The van der Waals surface area contributed by atoms with Crippen molar-refractivity contribution in [2.75, 3.05) is 5.32 Å². The predicted octanol–water partition coefficient (Wildman–Crippen LogP) is 4.18. The Morgan fingerprint density at radius 1 is 1.11 bits per heavy atom. The lowest BCUT2D eigenvalue weighted by molar-refractivity contribution is 0.102. The molecule has 0 spiro atoms. The topological polar surface area (TPSA) is 44.9 Å². The minimum Gasteiger partial charge on any atom is -0.361 e. The molecule has 0 saturated carbocycles. The first-order valence-electron chi connectivity index (χ1n) is 5.86. The van der Waals surface area contributed by atoms with Crippen LogP contribution in [0.1, 0.15) is 10.4 Å². The number of anilines is 1. The second kappa shape index (κ2) is 4.90. The van der Waals surface area contributed by atoms with Gasteiger partial charge in [-0.15, -0.1) is 0 Å². The number of fused-ring (bicyclic) bond motifs is 1. The van der Waals surface area contributed by atoms with Crippen LogP contribution in [0, 0.1) is 0 Å². The van der Waals surface area contributed by atoms with Gasteiger partial charge in [-0.3, -0.25) is 4.79 Å². The Labute approximate surface area is 118 Å². The molecule has 0 aliphatic rings. The Hall–Kier alpha value is -2.07. The number of rotatable bonds is 2. The molecule has 3 rings (SSSR count). The fourth-order valence-corrected chi connectivity index (χ4v) is 2.36. The number of H-pyrrole nitrogens is 1. The van der Waals surface area contributed by atoms with Gasteiger partial charge in [0.2, 0.25) is 0 Å². The van der Waals surface area contributed by atoms with Gasteiger partial charge in [-0.05, 0) is 42.5 Å². The molecular formula is C15H11BrN2O. The molecule has 0 fully saturated rings. The molecule has 1 heterocycles. The van der Waals surface area contributed by atoms with Gasteiger partial charge in [0.15, 0.2) is 0 Å². The van der Waals surface area contributed by atoms with Crippen molar-refractivity contribution in [2.24, 2.45) is 0 Å². The third-order valence-electron chi connectivity index (χ3n) is 2.90. The van der Waals surface area contributed by atoms with Crippen LogP contribution in [0.3, 0.4) is 0 Å². The predicted molar refractivity (Wildman–Crippen MR) is 80.4 cm³/mol. The zero-order valence-corrected chi connectivity index (χ0v) is 11.6. The number of nitrogens with one attached hydrogen (secondary N) is 2. The van der Waals surface area contributed by atoms with Crippen LogP contribution < -0.4 is 5.32 Å². The molecule has 0 radical (unpaired) electrons. The SMILES string of the molecule is O=C(Nc1cccc(Br)c1)c1ccc2[nH]ccc2c1. The van der Waals surface area contributed by atoms with Crippen molar-refractivity contribution >= 4 is 38.4 Å². The van der Waals surface area contributed by atoms with E-state index in [9.17, 15) is 4.79 Å². The van der Waals surface area contributed by atoms with Gasteiger partial charge in [0, 0.05) is 32.8 Å². The van der Waals surface area contributed by atoms with E-state index in [0.717, 1.165) is 21.1 Å². The van der Waals surface area contributed by atoms with Gasteiger partial charge in [0.25, 0.3) is 5.91 Å². The number of hydrogen-bond acceptors (Lipinski definition) is 1. The lowest BCUT2D eigenvalue weighted by Crippen LogP contribution is -2.11. The molecule has 19 heavy (non-hydrogen) atoms. The highest BCUT2D eigenvalue weighted by Crippen LogP contribution is 2.18. The zero-order valence-electron chi connectivity index (χ0n) is 9.98. The highest BCUT2D eigenvalue weighted by molar-refractivity contribution is 9.10. The van der Waals surface area contributed by atoms with Crippen molar-refractivity contribution in [1.29, 1.82) is 0 Å². The van der Waals surface area contributed by atoms with Crippen LogP contribution in [-0.4, -0.2) is 10.9 Å². The van der Waals surface area contributed by atoms with Crippen LogP contribution in [-0.2, 0) is 0 Å². The van der Waals surface area contributed by atoms with Gasteiger partial charge in [-0.2, -0.15) is 0 Å². The van der Waals surface area contributed by atoms with E-state index in [4.69, 9.17) is 0 Å². The largest absolute Gasteiger partial charge is 0.361 e. The molecule has 0 atom stereocenters. The molecular weight excluding hydrogens is 304 g/mol. The van der Waals surface area contributed by atoms with Crippen molar-refractivity contribution in [1.82, 2.24) is 4.98 Å². The highest BCUT2D eigenvalue weighted by atomic mass is 79.9. The van der Waals surface area contributed by atoms with Gasteiger partial charge >= 0.3 is 0 Å². The van der Waals surface area contributed by atoms with E-state index in [0.29, 0.717) is 5.56 Å². The van der Waals surface area contributed by atoms with Crippen LogP contribution >= 0.6 is 15.9 Å². The number of carbonyl (C=O) groups excluding carboxylic acids is 1. The first-order chi connectivity index (χ1) is 9.22. The first-order valence-corrected chi connectivity index (χ1v) is 6.66. The summed E-state index contributed by atoms with van der Waals surface area (Å²) in [7, 11) is 0. The zero-order chi connectivity index (χ0) is 13.2. The molecule has 3 nitrogen and oxygen atoms in total. The summed E-state index contributed by atoms with van der Waals surface area (Å²) in [5.74, 6) is -0.110. The minimum atomic E-state index is -0.110. The number of aromatic amines is 1. The van der Waals surface area contributed by atoms with Crippen molar-refractivity contribution in [3.63, 3.8) is 0 Å². The van der Waals surface area contributed by atoms with E-state index in [1.807, 2.05) is 54.7 Å². The van der Waals surface area contributed by atoms with Crippen molar-refractivity contribution in [3.8, 4) is 0 Å². The molecule has 0 aliphatic carbocycles. The standard InChI is InChI=1S/C15H11BrN2O/c16-12-2-1-3-13(9-12)18-15(19)11-4-5-14-10(8-11)6-7-17-14/h1-9,17H,(H,18,19). The Kier molecular flexibility index (Phi) is 3.09. The highest BCUT2D eigenvalue weighted by Gasteiger charge is 2.07. The van der Waals surface area contributed by atoms with Crippen molar-refractivity contribution < 1.29 is 4.79 Å². The van der Waals surface area contributed by atoms with Crippen LogP contribution in [0.15, 0.2) is 59.2 Å². The summed E-state index contributed by atoms with van der Waals surface area (Å²) in [6.45, 7) is 0. The van der Waals surface area contributed by atoms with Gasteiger partial charge in [0.1, 0.15) is 0 Å². The maximum Gasteiger partial charge on any atom is 0.255 e. The average molecular weight is 315 g/mol. The van der Waals surface area contributed by atoms with Crippen LogP contribution in [0.2, 0.25) is 0 Å². The normalized spacial score (nSPS) is 10.6. The number of carbonyl (C=O) groups is 1. The van der Waals surface area contributed by atoms with Crippen molar-refractivity contribution in [3.05, 3.63) is 64.8 Å². The summed E-state index contributed by atoms with van der Waals surface area (Å²) in [5, 5.41) is 3.91. The van der Waals surface area contributed by atoms with Gasteiger partial charge in [-0.25, -0.2) is 0 Å². The molecule has 1 aromatic heterocycles. The summed E-state index contributed by atoms with van der Waals surface area (Å²) in [6, 6.07) is 15.1. The third-order valence-corrected chi connectivity index (χ3v) is 3.39. The quantitative estimate of drug-likeness (QED) is 0.732. The van der Waals surface area contributed by atoms with E-state index in [1.165, 1.54) is 0 Å². The van der Waals surface area contributed by atoms with Crippen LogP contribution in [0.25, 0.3) is 10.9 Å². The summed E-state index contributed by atoms with van der Waals surface area (Å²) in [4.78, 5) is 15.3. The van der Waals surface area contributed by atoms with Gasteiger partial charge in [0.05, 0.1) is 0 Å². The maximum absolute atomic E-state index is 12.2. The second-order valence-corrected chi connectivity index (χ2v) is 5.16. The summed E-state index contributed by atoms with van der Waals surface area (Å²) < 4.78 is 0.936. The summed E-state index contributed by atoms with van der Waals surface area (Å²) in [5.41, 5.74) is 2.44. The Bertz CT molecular complexity index is 748. The fourth-order valence-electron chi connectivity index (χ4n) is 1.96. The van der Waals surface area contributed by atoms with Crippen LogP contribution in [0.5, 0.6) is 0 Å². The monoisotopic (exact) mass is 314 g/mol. The lowest BCUT2D eigenvalue weighted by Gasteiger charge is -2.05. The molecule has 0 saturated heterocycles. The summed E-state index contributed by atoms with van der Waals surface area (Å²) in [6.07, 6.45) is 1.86. The van der Waals surface area contributed by atoms with E-state index in [1.54, 1.807) is 0 Å². The molecule has 2 N–H and O–H groups in total. The van der Waals surface area contributed by atoms with Gasteiger partial charge in [-0.1, -0.05) is 22.0 Å². The second-order valence-electron chi connectivity index (χ2n) is 4.24. The lowest BCUT2D eigenvalue weighted by atomic mass is 10.1. The Morgan fingerprint density at radius 2 is 2.00 bits per heavy atom. The molecule has 0 bridgehead atoms. The molecule has 4 heteroatoms. The molecule has 0 unspecified atom stereocenters. The van der Waals surface area contributed by atoms with Crippen molar-refractivity contribution in [2.45, 2.75) is 0 Å². The fraction of sp³-hybridized carbons (Fsp3) is 0. The molecule has 94 valence electrons. The Balaban J connectivity index is 1.87. The number of halogens is 1. The van der Waals surface area contributed by atoms with E-state index in [2.05, 4.69) is 26.2 Å². The average Bonchev–Trinajstić information content (AvgIpc) is 2.85. The number of hydrogen-bond donors (Lipinski definition) is 2. The van der Waals surface area contributed by atoms with E-state index in [-0.39, 0.29) is 5.91 Å². The van der Waals surface area contributed by atoms with E-state index < -0.39 is 0 Å². The van der Waals surface area contributed by atoms with Crippen LogP contribution in [0.4, 0.5) is 5.69 Å². The van der Waals surface area contributed by atoms with E-state index >= 15 is 0 Å². The maximum atomic E-state index is 12.2. The van der Waals surface area contributed by atoms with Gasteiger partial charge < -0.3 is 10.3 Å². The smallest absolute Gasteiger partial charge is 0.255 e.